The van der Waals surface area contributed by atoms with Crippen LogP contribution in [0.3, 0.4) is 0 Å². The second kappa shape index (κ2) is 5.40. The molecule has 0 fully saturated rings. The number of carbonyl (C=O) groups excluding carboxylic acids is 2. The summed E-state index contributed by atoms with van der Waals surface area (Å²) in [6, 6.07) is 7.43. The van der Waals surface area contributed by atoms with Crippen molar-refractivity contribution in [2.24, 2.45) is 11.1 Å². The summed E-state index contributed by atoms with van der Waals surface area (Å²) in [6.45, 7) is 3.94. The van der Waals surface area contributed by atoms with Crippen molar-refractivity contribution in [3.05, 3.63) is 24.3 Å². The van der Waals surface area contributed by atoms with E-state index in [9.17, 15) is 9.59 Å². The topological polar surface area (TPSA) is 93.4 Å². The van der Waals surface area contributed by atoms with Crippen molar-refractivity contribution in [2.75, 3.05) is 18.4 Å². The fraction of sp³-hybridized carbons (Fsp3) is 0.429. The summed E-state index contributed by atoms with van der Waals surface area (Å²) in [5.41, 5.74) is 5.35. The molecule has 1 heterocycles. The molecule has 1 aliphatic rings. The highest BCUT2D eigenvalue weighted by Gasteiger charge is 2.29. The van der Waals surface area contributed by atoms with Crippen LogP contribution in [0.1, 0.15) is 13.8 Å². The first-order valence-corrected chi connectivity index (χ1v) is 6.47. The minimum Gasteiger partial charge on any atom is -0.477 e. The van der Waals surface area contributed by atoms with Gasteiger partial charge in [-0.1, -0.05) is 12.1 Å². The van der Waals surface area contributed by atoms with Crippen LogP contribution in [0.4, 0.5) is 5.69 Å². The molecule has 6 nitrogen and oxygen atoms in total. The first kappa shape index (κ1) is 14.2. The largest absolute Gasteiger partial charge is 0.477 e. The summed E-state index contributed by atoms with van der Waals surface area (Å²) in [7, 11) is 0. The average Bonchev–Trinajstić information content (AvgIpc) is 2.44. The maximum Gasteiger partial charge on any atom is 0.262 e. The molecular weight excluding hydrogens is 258 g/mol. The molecule has 1 unspecified atom stereocenters. The Balaban J connectivity index is 1.94. The third-order valence-corrected chi connectivity index (χ3v) is 3.30. The van der Waals surface area contributed by atoms with E-state index in [1.165, 1.54) is 0 Å². The van der Waals surface area contributed by atoms with Crippen molar-refractivity contribution in [1.82, 2.24) is 5.32 Å². The zero-order valence-corrected chi connectivity index (χ0v) is 11.6. The second-order valence-corrected chi connectivity index (χ2v) is 5.45. The molecule has 4 N–H and O–H groups in total. The summed E-state index contributed by atoms with van der Waals surface area (Å²) in [5.74, 6) is -0.0692. The van der Waals surface area contributed by atoms with Crippen molar-refractivity contribution in [3.8, 4) is 5.75 Å². The number of hydrogen-bond acceptors (Lipinski definition) is 4. The molecule has 20 heavy (non-hydrogen) atoms. The molecule has 0 aromatic heterocycles. The van der Waals surface area contributed by atoms with Gasteiger partial charge < -0.3 is 21.1 Å². The molecule has 1 atom stereocenters. The number of para-hydroxylation sites is 2. The molecule has 0 spiro atoms. The van der Waals surface area contributed by atoms with Gasteiger partial charge in [-0.3, -0.25) is 9.59 Å². The number of amides is 2. The Hall–Kier alpha value is -2.24. The maximum absolute atomic E-state index is 12.0. The molecule has 108 valence electrons. The van der Waals surface area contributed by atoms with E-state index in [2.05, 4.69) is 10.6 Å². The molecule has 0 bridgehead atoms. The first-order chi connectivity index (χ1) is 9.40. The number of carbonyl (C=O) groups is 2. The van der Waals surface area contributed by atoms with Crippen LogP contribution in [0.15, 0.2) is 24.3 Å². The Kier molecular flexibility index (Phi) is 3.83. The number of nitrogens with two attached hydrogens (primary N) is 1. The zero-order valence-electron chi connectivity index (χ0n) is 11.6. The van der Waals surface area contributed by atoms with E-state index < -0.39 is 17.4 Å². The zero-order chi connectivity index (χ0) is 14.8. The second-order valence-electron chi connectivity index (χ2n) is 5.45. The number of nitrogens with one attached hydrogen (secondary N) is 2. The van der Waals surface area contributed by atoms with Crippen LogP contribution in [-0.4, -0.2) is 31.0 Å². The van der Waals surface area contributed by atoms with E-state index >= 15 is 0 Å². The highest BCUT2D eigenvalue weighted by molar-refractivity contribution is 5.85. The first-order valence-electron chi connectivity index (χ1n) is 6.47. The Bertz CT molecular complexity index is 528. The molecule has 1 aromatic rings. The van der Waals surface area contributed by atoms with Gasteiger partial charge in [-0.25, -0.2) is 0 Å². The number of rotatable bonds is 4. The van der Waals surface area contributed by atoms with Crippen molar-refractivity contribution < 1.29 is 14.3 Å². The van der Waals surface area contributed by atoms with Crippen LogP contribution < -0.4 is 21.1 Å². The molecule has 1 aromatic carbocycles. The van der Waals surface area contributed by atoms with Gasteiger partial charge in [-0.2, -0.15) is 0 Å². The maximum atomic E-state index is 12.0. The standard InChI is InChI=1S/C14H19N3O3/c1-14(2,13(15)19)8-17-12(18)11-7-16-9-5-3-4-6-10(9)20-11/h3-6,11,16H,7-8H2,1-2H3,(H2,15,19)(H,17,18). The van der Waals surface area contributed by atoms with Gasteiger partial charge in [0.25, 0.3) is 5.91 Å². The summed E-state index contributed by atoms with van der Waals surface area (Å²) < 4.78 is 5.63. The highest BCUT2D eigenvalue weighted by Crippen LogP contribution is 2.28. The Morgan fingerprint density at radius 3 is 2.85 bits per heavy atom. The van der Waals surface area contributed by atoms with Crippen LogP contribution in [0, 0.1) is 5.41 Å². The van der Waals surface area contributed by atoms with E-state index in [-0.39, 0.29) is 12.5 Å². The lowest BCUT2D eigenvalue weighted by Crippen LogP contribution is -2.49. The van der Waals surface area contributed by atoms with E-state index in [1.54, 1.807) is 19.9 Å². The molecule has 2 rings (SSSR count). The van der Waals surface area contributed by atoms with Gasteiger partial charge in [0.1, 0.15) is 5.75 Å². The van der Waals surface area contributed by atoms with Crippen molar-refractivity contribution >= 4 is 17.5 Å². The van der Waals surface area contributed by atoms with Crippen molar-refractivity contribution in [2.45, 2.75) is 20.0 Å². The van der Waals surface area contributed by atoms with Crippen LogP contribution >= 0.6 is 0 Å². The molecule has 2 amide bonds. The summed E-state index contributed by atoms with van der Waals surface area (Å²) >= 11 is 0. The Morgan fingerprint density at radius 2 is 2.15 bits per heavy atom. The summed E-state index contributed by atoms with van der Waals surface area (Å²) in [5, 5.41) is 5.84. The predicted molar refractivity (Wildman–Crippen MR) is 75.3 cm³/mol. The molecular formula is C14H19N3O3. The van der Waals surface area contributed by atoms with Gasteiger partial charge in [0, 0.05) is 6.54 Å². The van der Waals surface area contributed by atoms with Crippen LogP contribution in [-0.2, 0) is 9.59 Å². The molecule has 6 heteroatoms. The normalized spacial score (nSPS) is 17.4. The minimum atomic E-state index is -0.782. The Morgan fingerprint density at radius 1 is 1.45 bits per heavy atom. The lowest BCUT2D eigenvalue weighted by atomic mass is 9.93. The van der Waals surface area contributed by atoms with Crippen LogP contribution in [0.5, 0.6) is 5.75 Å². The van der Waals surface area contributed by atoms with Crippen LogP contribution in [0.25, 0.3) is 0 Å². The molecule has 0 aliphatic carbocycles. The number of ether oxygens (including phenoxy) is 1. The van der Waals surface area contributed by atoms with Gasteiger partial charge in [0.15, 0.2) is 6.10 Å². The summed E-state index contributed by atoms with van der Waals surface area (Å²) in [6.07, 6.45) is -0.617. The molecule has 0 saturated heterocycles. The monoisotopic (exact) mass is 277 g/mol. The minimum absolute atomic E-state index is 0.183. The number of anilines is 1. The number of hydrogen-bond donors (Lipinski definition) is 3. The molecule has 1 aliphatic heterocycles. The highest BCUT2D eigenvalue weighted by atomic mass is 16.5. The number of fused-ring (bicyclic) bond motifs is 1. The van der Waals surface area contributed by atoms with E-state index in [0.717, 1.165) is 5.69 Å². The smallest absolute Gasteiger partial charge is 0.262 e. The number of benzene rings is 1. The van der Waals surface area contributed by atoms with Gasteiger partial charge in [-0.05, 0) is 26.0 Å². The molecule has 0 saturated carbocycles. The van der Waals surface area contributed by atoms with Gasteiger partial charge in [-0.15, -0.1) is 0 Å². The fourth-order valence-electron chi connectivity index (χ4n) is 1.77. The lowest BCUT2D eigenvalue weighted by Gasteiger charge is -2.28. The lowest BCUT2D eigenvalue weighted by molar-refractivity contribution is -0.130. The Labute approximate surface area is 117 Å². The number of primary amides is 1. The molecule has 0 radical (unpaired) electrons. The van der Waals surface area contributed by atoms with Crippen molar-refractivity contribution in [1.29, 1.82) is 0 Å². The van der Waals surface area contributed by atoms with Crippen molar-refractivity contribution in [3.63, 3.8) is 0 Å². The fourth-order valence-corrected chi connectivity index (χ4v) is 1.77. The quantitative estimate of drug-likeness (QED) is 0.746. The van der Waals surface area contributed by atoms with E-state index in [4.69, 9.17) is 10.5 Å². The van der Waals surface area contributed by atoms with Gasteiger partial charge in [0.2, 0.25) is 5.91 Å². The SMILES string of the molecule is CC(C)(CNC(=O)C1CNc2ccccc2O1)C(N)=O. The van der Waals surface area contributed by atoms with E-state index in [0.29, 0.717) is 12.3 Å². The van der Waals surface area contributed by atoms with Crippen LogP contribution in [0.2, 0.25) is 0 Å². The summed E-state index contributed by atoms with van der Waals surface area (Å²) in [4.78, 5) is 23.2. The van der Waals surface area contributed by atoms with Gasteiger partial charge >= 0.3 is 0 Å². The third-order valence-electron chi connectivity index (χ3n) is 3.30. The third kappa shape index (κ3) is 3.01. The average molecular weight is 277 g/mol. The van der Waals surface area contributed by atoms with Gasteiger partial charge in [0.05, 0.1) is 17.6 Å². The predicted octanol–water partition coefficient (Wildman–Crippen LogP) is 0.487. The van der Waals surface area contributed by atoms with E-state index in [1.807, 2.05) is 18.2 Å².